The molecule has 0 heterocycles. The molecule has 0 unspecified atom stereocenters. The molecule has 2 rings (SSSR count). The Balaban J connectivity index is 2.32. The molecule has 0 aromatic heterocycles. The highest BCUT2D eigenvalue weighted by Gasteiger charge is 2.13. The third-order valence-electron chi connectivity index (χ3n) is 7.00. The van der Waals surface area contributed by atoms with Crippen molar-refractivity contribution in [3.8, 4) is 0 Å². The van der Waals surface area contributed by atoms with Crippen LogP contribution in [-0.2, 0) is 51.4 Å². The Bertz CT molecular complexity index is 757. The van der Waals surface area contributed by atoms with Gasteiger partial charge in [0.15, 0.2) is 0 Å². The summed E-state index contributed by atoms with van der Waals surface area (Å²) in [6.07, 6.45) is 18.6. The van der Waals surface area contributed by atoms with Gasteiger partial charge in [-0.25, -0.2) is 0 Å². The normalized spacial score (nSPS) is 11.3. The van der Waals surface area contributed by atoms with Crippen LogP contribution in [0.2, 0.25) is 0 Å². The molecule has 0 N–H and O–H groups in total. The maximum Gasteiger partial charge on any atom is -0.0273 e. The lowest BCUT2D eigenvalue weighted by atomic mass is 9.86. The van der Waals surface area contributed by atoms with Gasteiger partial charge >= 0.3 is 0 Å². The Morgan fingerprint density at radius 3 is 0.970 bits per heavy atom. The molecular weight excluding hydrogens is 396 g/mol. The average Bonchev–Trinajstić information content (AvgIpc) is 2.79. The van der Waals surface area contributed by atoms with Crippen LogP contribution in [0, 0.1) is 0 Å². The van der Waals surface area contributed by atoms with Gasteiger partial charge in [-0.1, -0.05) is 104 Å². The number of hydrogen-bond donors (Lipinski definition) is 0. The summed E-state index contributed by atoms with van der Waals surface area (Å²) in [6.45, 7) is 14.0. The molecule has 184 valence electrons. The molecule has 0 aliphatic heterocycles. The molecule has 0 fully saturated rings. The second-order valence-electron chi connectivity index (χ2n) is 10.1. The number of aryl methyl sites for hydroxylation is 6. The molecule has 0 nitrogen and oxygen atoms in total. The second kappa shape index (κ2) is 15.4. The summed E-state index contributed by atoms with van der Waals surface area (Å²) in [5.74, 6) is 0. The highest BCUT2D eigenvalue weighted by atomic mass is 14.2. The first-order valence-corrected chi connectivity index (χ1v) is 14.4. The number of benzene rings is 2. The highest BCUT2D eigenvalue weighted by molar-refractivity contribution is 5.42. The summed E-state index contributed by atoms with van der Waals surface area (Å²) < 4.78 is 0. The molecule has 0 bridgehead atoms. The van der Waals surface area contributed by atoms with Crippen LogP contribution in [0.15, 0.2) is 24.3 Å². The Labute approximate surface area is 206 Å². The van der Waals surface area contributed by atoms with Crippen molar-refractivity contribution in [2.45, 2.75) is 138 Å². The Morgan fingerprint density at radius 2 is 0.667 bits per heavy atom. The van der Waals surface area contributed by atoms with E-state index in [4.69, 9.17) is 0 Å². The molecular formula is C33H52. The lowest BCUT2D eigenvalue weighted by Gasteiger charge is -2.19. The monoisotopic (exact) mass is 448 g/mol. The molecule has 0 spiro atoms. The van der Waals surface area contributed by atoms with Crippen LogP contribution >= 0.6 is 0 Å². The van der Waals surface area contributed by atoms with Crippen molar-refractivity contribution in [2.75, 3.05) is 0 Å². The first-order chi connectivity index (χ1) is 16.1. The lowest BCUT2D eigenvalue weighted by Crippen LogP contribution is -2.06. The minimum absolute atomic E-state index is 1.22. The summed E-state index contributed by atoms with van der Waals surface area (Å²) in [5.41, 5.74) is 13.1. The zero-order chi connectivity index (χ0) is 24.1. The summed E-state index contributed by atoms with van der Waals surface area (Å²) in [4.78, 5) is 0. The second-order valence-corrected chi connectivity index (χ2v) is 10.1. The molecule has 2 aromatic carbocycles. The smallest absolute Gasteiger partial charge is 0.0273 e. The van der Waals surface area contributed by atoms with Crippen molar-refractivity contribution in [3.63, 3.8) is 0 Å². The van der Waals surface area contributed by atoms with Crippen molar-refractivity contribution >= 4 is 0 Å². The lowest BCUT2D eigenvalue weighted by molar-refractivity contribution is 0.764. The van der Waals surface area contributed by atoms with Crippen molar-refractivity contribution in [1.82, 2.24) is 0 Å². The van der Waals surface area contributed by atoms with Gasteiger partial charge in [-0.15, -0.1) is 0 Å². The van der Waals surface area contributed by atoms with Gasteiger partial charge in [0.05, 0.1) is 0 Å². The molecule has 0 aliphatic rings. The molecule has 0 aliphatic carbocycles. The van der Waals surface area contributed by atoms with E-state index in [-0.39, 0.29) is 0 Å². The maximum atomic E-state index is 2.57. The number of hydrogen-bond acceptors (Lipinski definition) is 0. The predicted octanol–water partition coefficient (Wildman–Crippen LogP) is 9.58. The van der Waals surface area contributed by atoms with Gasteiger partial charge in [0.2, 0.25) is 0 Å². The fraction of sp³-hybridized carbons (Fsp3) is 0.636. The van der Waals surface area contributed by atoms with E-state index in [1.165, 1.54) is 96.3 Å². The minimum atomic E-state index is 1.22. The summed E-state index contributed by atoms with van der Waals surface area (Å²) in [5, 5.41) is 0. The molecule has 0 atom stereocenters. The third-order valence-corrected chi connectivity index (χ3v) is 7.00. The van der Waals surface area contributed by atoms with Crippen molar-refractivity contribution < 1.29 is 0 Å². The van der Waals surface area contributed by atoms with E-state index in [1.807, 2.05) is 0 Å². The Kier molecular flexibility index (Phi) is 12.9. The Morgan fingerprint density at radius 1 is 0.364 bits per heavy atom. The van der Waals surface area contributed by atoms with E-state index in [0.29, 0.717) is 0 Å². The molecule has 0 saturated heterocycles. The largest absolute Gasteiger partial charge is 0.0651 e. The highest BCUT2D eigenvalue weighted by Crippen LogP contribution is 2.27. The minimum Gasteiger partial charge on any atom is -0.0651 e. The van der Waals surface area contributed by atoms with Crippen LogP contribution in [-0.4, -0.2) is 0 Å². The van der Waals surface area contributed by atoms with Crippen molar-refractivity contribution in [2.24, 2.45) is 0 Å². The third kappa shape index (κ3) is 8.31. The topological polar surface area (TPSA) is 0 Å². The van der Waals surface area contributed by atoms with Gasteiger partial charge < -0.3 is 0 Å². The van der Waals surface area contributed by atoms with E-state index in [9.17, 15) is 0 Å². The summed E-state index contributed by atoms with van der Waals surface area (Å²) >= 11 is 0. The van der Waals surface area contributed by atoms with E-state index in [2.05, 4.69) is 65.8 Å². The van der Waals surface area contributed by atoms with Gasteiger partial charge in [-0.05, 0) is 102 Å². The van der Waals surface area contributed by atoms with Crippen LogP contribution in [0.5, 0.6) is 0 Å². The SMILES string of the molecule is CCCc1cc(CCC)c(CCC)c(CCCc2cc(CCC)cc(CCC)c2CCC)c1. The molecule has 0 saturated carbocycles. The maximum absolute atomic E-state index is 2.57. The quantitative estimate of drug-likeness (QED) is 0.240. The van der Waals surface area contributed by atoms with Crippen LogP contribution < -0.4 is 0 Å². The first-order valence-electron chi connectivity index (χ1n) is 14.4. The van der Waals surface area contributed by atoms with E-state index < -0.39 is 0 Å². The molecule has 2 aromatic rings. The van der Waals surface area contributed by atoms with Gasteiger partial charge in [0, 0.05) is 0 Å². The van der Waals surface area contributed by atoms with Gasteiger partial charge in [0.1, 0.15) is 0 Å². The first kappa shape index (κ1) is 27.7. The van der Waals surface area contributed by atoms with Crippen LogP contribution in [0.1, 0.15) is 131 Å². The Hall–Kier alpha value is -1.56. The van der Waals surface area contributed by atoms with E-state index >= 15 is 0 Å². The van der Waals surface area contributed by atoms with Crippen molar-refractivity contribution in [1.29, 1.82) is 0 Å². The van der Waals surface area contributed by atoms with Gasteiger partial charge in [-0.3, -0.25) is 0 Å². The summed E-state index contributed by atoms with van der Waals surface area (Å²) in [6, 6.07) is 10.2. The number of rotatable bonds is 16. The van der Waals surface area contributed by atoms with Crippen LogP contribution in [0.4, 0.5) is 0 Å². The van der Waals surface area contributed by atoms with E-state index in [0.717, 1.165) is 0 Å². The zero-order valence-corrected chi connectivity index (χ0v) is 22.9. The average molecular weight is 449 g/mol. The fourth-order valence-corrected chi connectivity index (χ4v) is 5.65. The predicted molar refractivity (Wildman–Crippen MR) is 149 cm³/mol. The van der Waals surface area contributed by atoms with Crippen molar-refractivity contribution in [3.05, 3.63) is 68.8 Å². The standard InChI is InChI=1S/C33H52/c1-7-14-26-22-28(16-9-3)32(18-11-5)30(24-26)20-13-21-31-25-27(15-8-2)23-29(17-10-4)33(31)19-12-6/h22-25H,7-21H2,1-6H3. The molecule has 0 heteroatoms. The fourth-order valence-electron chi connectivity index (χ4n) is 5.65. The molecule has 0 radical (unpaired) electrons. The summed E-state index contributed by atoms with van der Waals surface area (Å²) in [7, 11) is 0. The molecule has 0 amide bonds. The van der Waals surface area contributed by atoms with E-state index in [1.54, 1.807) is 44.5 Å². The van der Waals surface area contributed by atoms with Gasteiger partial charge in [-0.2, -0.15) is 0 Å². The van der Waals surface area contributed by atoms with Crippen LogP contribution in [0.25, 0.3) is 0 Å². The van der Waals surface area contributed by atoms with Gasteiger partial charge in [0.25, 0.3) is 0 Å². The zero-order valence-electron chi connectivity index (χ0n) is 22.9. The molecule has 33 heavy (non-hydrogen) atoms. The van der Waals surface area contributed by atoms with Crippen LogP contribution in [0.3, 0.4) is 0 Å².